The number of hydrogen-bond acceptors (Lipinski definition) is 6. The lowest BCUT2D eigenvalue weighted by Gasteiger charge is -2.33. The van der Waals surface area contributed by atoms with E-state index in [2.05, 4.69) is 30.5 Å². The standard InChI is InChI=1S/C13H17N5S/c1-3-11(16-7-12-9-19-10-17-12)8-18(6-1)13-14-4-2-5-15-13/h2,4-5,9-11,16H,1,3,6-8H2. The van der Waals surface area contributed by atoms with Gasteiger partial charge in [0.05, 0.1) is 11.2 Å². The third kappa shape index (κ3) is 3.27. The van der Waals surface area contributed by atoms with E-state index < -0.39 is 0 Å². The molecule has 19 heavy (non-hydrogen) atoms. The third-order valence-electron chi connectivity index (χ3n) is 3.31. The highest BCUT2D eigenvalue weighted by molar-refractivity contribution is 7.07. The summed E-state index contributed by atoms with van der Waals surface area (Å²) in [6, 6.07) is 2.34. The molecule has 0 bridgehead atoms. The Morgan fingerprint density at radius 3 is 3.00 bits per heavy atom. The Labute approximate surface area is 116 Å². The molecule has 1 fully saturated rings. The number of piperidine rings is 1. The lowest BCUT2D eigenvalue weighted by atomic mass is 10.1. The molecular weight excluding hydrogens is 258 g/mol. The van der Waals surface area contributed by atoms with Gasteiger partial charge in [0.25, 0.3) is 0 Å². The monoisotopic (exact) mass is 275 g/mol. The van der Waals surface area contributed by atoms with E-state index in [1.54, 1.807) is 23.7 Å². The molecule has 5 nitrogen and oxygen atoms in total. The number of aromatic nitrogens is 3. The van der Waals surface area contributed by atoms with Gasteiger partial charge in [-0.05, 0) is 18.9 Å². The third-order valence-corrected chi connectivity index (χ3v) is 3.95. The highest BCUT2D eigenvalue weighted by Crippen LogP contribution is 2.15. The van der Waals surface area contributed by atoms with Gasteiger partial charge in [0.1, 0.15) is 0 Å². The zero-order valence-electron chi connectivity index (χ0n) is 10.7. The van der Waals surface area contributed by atoms with Crippen molar-refractivity contribution in [3.63, 3.8) is 0 Å². The second kappa shape index (κ2) is 6.08. The SMILES string of the molecule is c1cnc(N2CCCC(NCc3cscn3)C2)nc1. The van der Waals surface area contributed by atoms with Gasteiger partial charge in [0.15, 0.2) is 0 Å². The molecule has 1 aliphatic heterocycles. The summed E-state index contributed by atoms with van der Waals surface area (Å²) >= 11 is 1.64. The van der Waals surface area contributed by atoms with Crippen molar-refractivity contribution in [3.8, 4) is 0 Å². The first-order valence-corrected chi connectivity index (χ1v) is 7.48. The minimum absolute atomic E-state index is 0.485. The Morgan fingerprint density at radius 2 is 2.21 bits per heavy atom. The van der Waals surface area contributed by atoms with Crippen molar-refractivity contribution in [1.82, 2.24) is 20.3 Å². The predicted octanol–water partition coefficient (Wildman–Crippen LogP) is 1.69. The molecule has 0 radical (unpaired) electrons. The van der Waals surface area contributed by atoms with Crippen LogP contribution in [0.5, 0.6) is 0 Å². The molecule has 0 amide bonds. The molecule has 1 aliphatic rings. The number of thiazole rings is 1. The van der Waals surface area contributed by atoms with E-state index in [0.717, 1.165) is 31.3 Å². The van der Waals surface area contributed by atoms with Crippen molar-refractivity contribution in [2.24, 2.45) is 0 Å². The average Bonchev–Trinajstić information content (AvgIpc) is 3.00. The first kappa shape index (κ1) is 12.5. The molecule has 0 aliphatic carbocycles. The summed E-state index contributed by atoms with van der Waals surface area (Å²) in [6.07, 6.45) is 5.98. The minimum Gasteiger partial charge on any atom is -0.339 e. The average molecular weight is 275 g/mol. The second-order valence-electron chi connectivity index (χ2n) is 4.69. The number of rotatable bonds is 4. The summed E-state index contributed by atoms with van der Waals surface area (Å²) in [7, 11) is 0. The molecule has 100 valence electrons. The van der Waals surface area contributed by atoms with E-state index in [1.165, 1.54) is 12.8 Å². The molecule has 0 saturated carbocycles. The van der Waals surface area contributed by atoms with E-state index in [0.29, 0.717) is 6.04 Å². The Morgan fingerprint density at radius 1 is 1.32 bits per heavy atom. The second-order valence-corrected chi connectivity index (χ2v) is 5.41. The lowest BCUT2D eigenvalue weighted by molar-refractivity contribution is 0.416. The van der Waals surface area contributed by atoms with Crippen molar-refractivity contribution in [3.05, 3.63) is 35.0 Å². The smallest absolute Gasteiger partial charge is 0.225 e. The molecule has 1 atom stereocenters. The molecule has 0 aromatic carbocycles. The molecular formula is C13H17N5S. The topological polar surface area (TPSA) is 53.9 Å². The normalized spacial score (nSPS) is 19.6. The van der Waals surface area contributed by atoms with Crippen LogP contribution in [0.15, 0.2) is 29.4 Å². The largest absolute Gasteiger partial charge is 0.339 e. The van der Waals surface area contributed by atoms with Crippen LogP contribution in [0, 0.1) is 0 Å². The van der Waals surface area contributed by atoms with Gasteiger partial charge in [-0.25, -0.2) is 15.0 Å². The number of nitrogens with one attached hydrogen (secondary N) is 1. The van der Waals surface area contributed by atoms with Crippen LogP contribution in [0.4, 0.5) is 5.95 Å². The lowest BCUT2D eigenvalue weighted by Crippen LogP contribution is -2.46. The maximum absolute atomic E-state index is 4.32. The fourth-order valence-electron chi connectivity index (χ4n) is 2.35. The Hall–Kier alpha value is -1.53. The maximum atomic E-state index is 4.32. The summed E-state index contributed by atoms with van der Waals surface area (Å²) < 4.78 is 0. The van der Waals surface area contributed by atoms with E-state index in [-0.39, 0.29) is 0 Å². The zero-order valence-corrected chi connectivity index (χ0v) is 11.5. The molecule has 3 rings (SSSR count). The van der Waals surface area contributed by atoms with Crippen LogP contribution in [0.3, 0.4) is 0 Å². The van der Waals surface area contributed by atoms with Crippen molar-refractivity contribution in [2.45, 2.75) is 25.4 Å². The quantitative estimate of drug-likeness (QED) is 0.920. The van der Waals surface area contributed by atoms with Gasteiger partial charge >= 0.3 is 0 Å². The highest BCUT2D eigenvalue weighted by atomic mass is 32.1. The molecule has 3 heterocycles. The van der Waals surface area contributed by atoms with Gasteiger partial charge in [0, 0.05) is 43.4 Å². The Kier molecular flexibility index (Phi) is 4.00. The summed E-state index contributed by atoms with van der Waals surface area (Å²) in [5.41, 5.74) is 3.00. The molecule has 1 N–H and O–H groups in total. The van der Waals surface area contributed by atoms with E-state index in [9.17, 15) is 0 Å². The number of anilines is 1. The molecule has 1 unspecified atom stereocenters. The maximum Gasteiger partial charge on any atom is 0.225 e. The fraction of sp³-hybridized carbons (Fsp3) is 0.462. The molecule has 1 saturated heterocycles. The van der Waals surface area contributed by atoms with Gasteiger partial charge in [-0.2, -0.15) is 0 Å². The van der Waals surface area contributed by atoms with Gasteiger partial charge in [0.2, 0.25) is 5.95 Å². The van der Waals surface area contributed by atoms with Crippen molar-refractivity contribution >= 4 is 17.3 Å². The van der Waals surface area contributed by atoms with Gasteiger partial charge < -0.3 is 10.2 Å². The van der Waals surface area contributed by atoms with Gasteiger partial charge in [-0.1, -0.05) is 0 Å². The summed E-state index contributed by atoms with van der Waals surface area (Å²) in [4.78, 5) is 15.2. The van der Waals surface area contributed by atoms with Crippen molar-refractivity contribution < 1.29 is 0 Å². The van der Waals surface area contributed by atoms with Crippen LogP contribution in [0.2, 0.25) is 0 Å². The number of nitrogens with zero attached hydrogens (tertiary/aromatic N) is 4. The van der Waals surface area contributed by atoms with Crippen LogP contribution >= 0.6 is 11.3 Å². The molecule has 6 heteroatoms. The van der Waals surface area contributed by atoms with Crippen LogP contribution in [-0.2, 0) is 6.54 Å². The van der Waals surface area contributed by atoms with Gasteiger partial charge in [-0.3, -0.25) is 0 Å². The van der Waals surface area contributed by atoms with Crippen LogP contribution in [0.1, 0.15) is 18.5 Å². The summed E-state index contributed by atoms with van der Waals surface area (Å²) in [5, 5.41) is 5.66. The number of hydrogen-bond donors (Lipinski definition) is 1. The molecule has 2 aromatic rings. The van der Waals surface area contributed by atoms with Crippen LogP contribution in [-0.4, -0.2) is 34.1 Å². The van der Waals surface area contributed by atoms with Crippen LogP contribution < -0.4 is 10.2 Å². The predicted molar refractivity (Wildman–Crippen MR) is 76.2 cm³/mol. The van der Waals surface area contributed by atoms with Crippen molar-refractivity contribution in [1.29, 1.82) is 0 Å². The summed E-state index contributed by atoms with van der Waals surface area (Å²) in [5.74, 6) is 0.836. The minimum atomic E-state index is 0.485. The fourth-order valence-corrected chi connectivity index (χ4v) is 2.91. The summed E-state index contributed by atoms with van der Waals surface area (Å²) in [6.45, 7) is 2.85. The molecule has 2 aromatic heterocycles. The first-order valence-electron chi connectivity index (χ1n) is 6.54. The Balaban J connectivity index is 1.56. The van der Waals surface area contributed by atoms with Crippen molar-refractivity contribution in [2.75, 3.05) is 18.0 Å². The zero-order chi connectivity index (χ0) is 12.9. The van der Waals surface area contributed by atoms with E-state index >= 15 is 0 Å². The first-order chi connectivity index (χ1) is 9.42. The van der Waals surface area contributed by atoms with Crippen LogP contribution in [0.25, 0.3) is 0 Å². The highest BCUT2D eigenvalue weighted by Gasteiger charge is 2.21. The molecule has 0 spiro atoms. The van der Waals surface area contributed by atoms with E-state index in [4.69, 9.17) is 0 Å². The Bertz CT molecular complexity index is 487. The van der Waals surface area contributed by atoms with E-state index in [1.807, 2.05) is 11.6 Å². The van der Waals surface area contributed by atoms with Gasteiger partial charge in [-0.15, -0.1) is 11.3 Å².